The van der Waals surface area contributed by atoms with Gasteiger partial charge in [-0.1, -0.05) is 39.0 Å². The quantitative estimate of drug-likeness (QED) is 0.395. The molecule has 0 aliphatic rings. The number of ether oxygens (including phenoxy) is 1. The van der Waals surface area contributed by atoms with Gasteiger partial charge in [0.2, 0.25) is 0 Å². The van der Waals surface area contributed by atoms with Crippen molar-refractivity contribution in [3.63, 3.8) is 0 Å². The molecule has 0 aliphatic heterocycles. The number of carbonyl (C=O) groups is 1. The summed E-state index contributed by atoms with van der Waals surface area (Å²) in [5.41, 5.74) is 0. The Hall–Kier alpha value is -0.570. The Bertz CT molecular complexity index is 193. The van der Waals surface area contributed by atoms with Gasteiger partial charge in [-0.15, -0.1) is 0 Å². The first-order valence-corrected chi connectivity index (χ1v) is 7.47. The summed E-state index contributed by atoms with van der Waals surface area (Å²) >= 11 is 0. The maximum absolute atomic E-state index is 11.4. The van der Waals surface area contributed by atoms with Gasteiger partial charge >= 0.3 is 5.97 Å². The van der Waals surface area contributed by atoms with Gasteiger partial charge in [0, 0.05) is 6.42 Å². The summed E-state index contributed by atoms with van der Waals surface area (Å²) in [5, 5.41) is 0. The van der Waals surface area contributed by atoms with Crippen LogP contribution in [0.15, 0.2) is 0 Å². The van der Waals surface area contributed by atoms with Crippen LogP contribution in [-0.2, 0) is 9.53 Å². The largest absolute Gasteiger partial charge is 0.466 e. The smallest absolute Gasteiger partial charge is 0.305 e. The van der Waals surface area contributed by atoms with Crippen LogP contribution in [0.1, 0.15) is 64.7 Å². The van der Waals surface area contributed by atoms with Crippen molar-refractivity contribution >= 4 is 5.97 Å². The van der Waals surface area contributed by atoms with E-state index in [1.807, 2.05) is 0 Å². The van der Waals surface area contributed by atoms with Crippen molar-refractivity contribution in [1.82, 2.24) is 4.90 Å². The summed E-state index contributed by atoms with van der Waals surface area (Å²) in [7, 11) is 4.12. The molecule has 0 unspecified atom stereocenters. The summed E-state index contributed by atoms with van der Waals surface area (Å²) in [4.78, 5) is 13.5. The molecule has 0 fully saturated rings. The van der Waals surface area contributed by atoms with E-state index in [-0.39, 0.29) is 5.97 Å². The van der Waals surface area contributed by atoms with E-state index in [4.69, 9.17) is 4.74 Å². The van der Waals surface area contributed by atoms with Crippen LogP contribution in [0, 0.1) is 0 Å². The fraction of sp³-hybridized carbons (Fsp3) is 0.933. The molecule has 0 radical (unpaired) electrons. The highest BCUT2D eigenvalue weighted by atomic mass is 16.5. The van der Waals surface area contributed by atoms with Crippen molar-refractivity contribution in [2.45, 2.75) is 64.7 Å². The number of hydrogen-bond donors (Lipinski definition) is 0. The Labute approximate surface area is 113 Å². The maximum Gasteiger partial charge on any atom is 0.305 e. The molecule has 0 atom stereocenters. The van der Waals surface area contributed by atoms with Crippen molar-refractivity contribution in [3.8, 4) is 0 Å². The SMILES string of the molecule is CCCCCCCCC(=O)OCCCCN(C)C. The number of esters is 1. The summed E-state index contributed by atoms with van der Waals surface area (Å²) in [5.74, 6) is -0.0182. The molecule has 18 heavy (non-hydrogen) atoms. The van der Waals surface area contributed by atoms with Gasteiger partial charge in [0.1, 0.15) is 0 Å². The second-order valence-corrected chi connectivity index (χ2v) is 5.25. The van der Waals surface area contributed by atoms with Gasteiger partial charge in [0.15, 0.2) is 0 Å². The number of hydrogen-bond acceptors (Lipinski definition) is 3. The molecular weight excluding hydrogens is 226 g/mol. The number of carbonyl (C=O) groups excluding carboxylic acids is 1. The number of unbranched alkanes of at least 4 members (excludes halogenated alkanes) is 6. The van der Waals surface area contributed by atoms with E-state index in [1.165, 1.54) is 25.7 Å². The molecule has 3 heteroatoms. The van der Waals surface area contributed by atoms with Gasteiger partial charge in [-0.3, -0.25) is 4.79 Å². The Kier molecular flexibility index (Phi) is 12.5. The van der Waals surface area contributed by atoms with E-state index in [0.29, 0.717) is 13.0 Å². The molecule has 0 rings (SSSR count). The Morgan fingerprint density at radius 2 is 1.61 bits per heavy atom. The number of rotatable bonds is 12. The molecule has 0 amide bonds. The first kappa shape index (κ1) is 17.4. The zero-order valence-corrected chi connectivity index (χ0v) is 12.5. The fourth-order valence-electron chi connectivity index (χ4n) is 1.84. The van der Waals surface area contributed by atoms with Crippen molar-refractivity contribution < 1.29 is 9.53 Å². The molecule has 0 bridgehead atoms. The first-order chi connectivity index (χ1) is 8.66. The average Bonchev–Trinajstić information content (AvgIpc) is 2.33. The number of nitrogens with zero attached hydrogens (tertiary/aromatic N) is 1. The molecule has 0 spiro atoms. The lowest BCUT2D eigenvalue weighted by Gasteiger charge is -2.09. The fourth-order valence-corrected chi connectivity index (χ4v) is 1.84. The lowest BCUT2D eigenvalue weighted by atomic mass is 10.1. The topological polar surface area (TPSA) is 29.5 Å². The van der Waals surface area contributed by atoms with Crippen LogP contribution in [-0.4, -0.2) is 38.1 Å². The van der Waals surface area contributed by atoms with Gasteiger partial charge in [-0.25, -0.2) is 0 Å². The van der Waals surface area contributed by atoms with E-state index in [2.05, 4.69) is 25.9 Å². The first-order valence-electron chi connectivity index (χ1n) is 7.47. The van der Waals surface area contributed by atoms with E-state index < -0.39 is 0 Å². The summed E-state index contributed by atoms with van der Waals surface area (Å²) in [6.07, 6.45) is 9.96. The van der Waals surface area contributed by atoms with E-state index >= 15 is 0 Å². The monoisotopic (exact) mass is 257 g/mol. The Morgan fingerprint density at radius 3 is 2.28 bits per heavy atom. The second-order valence-electron chi connectivity index (χ2n) is 5.25. The van der Waals surface area contributed by atoms with Crippen molar-refractivity contribution in [3.05, 3.63) is 0 Å². The molecule has 0 N–H and O–H groups in total. The molecule has 0 saturated heterocycles. The minimum Gasteiger partial charge on any atom is -0.466 e. The predicted molar refractivity (Wildman–Crippen MR) is 76.7 cm³/mol. The van der Waals surface area contributed by atoms with Crippen molar-refractivity contribution in [1.29, 1.82) is 0 Å². The second kappa shape index (κ2) is 12.9. The standard InChI is InChI=1S/C15H31NO2/c1-4-5-6-7-8-9-12-15(17)18-14-11-10-13-16(2)3/h4-14H2,1-3H3. The lowest BCUT2D eigenvalue weighted by Crippen LogP contribution is -2.14. The van der Waals surface area contributed by atoms with E-state index in [1.54, 1.807) is 0 Å². The van der Waals surface area contributed by atoms with Gasteiger partial charge in [0.25, 0.3) is 0 Å². The van der Waals surface area contributed by atoms with Crippen LogP contribution in [0.5, 0.6) is 0 Å². The van der Waals surface area contributed by atoms with Crippen LogP contribution in [0.2, 0.25) is 0 Å². The molecule has 0 saturated carbocycles. The van der Waals surface area contributed by atoms with Crippen molar-refractivity contribution in [2.75, 3.05) is 27.2 Å². The molecule has 0 aromatic heterocycles. The van der Waals surface area contributed by atoms with Gasteiger partial charge < -0.3 is 9.64 Å². The zero-order valence-electron chi connectivity index (χ0n) is 12.5. The van der Waals surface area contributed by atoms with Gasteiger partial charge in [-0.2, -0.15) is 0 Å². The molecule has 0 heterocycles. The minimum atomic E-state index is -0.0182. The molecule has 0 aliphatic carbocycles. The van der Waals surface area contributed by atoms with Crippen LogP contribution in [0.4, 0.5) is 0 Å². The maximum atomic E-state index is 11.4. The average molecular weight is 257 g/mol. The molecule has 3 nitrogen and oxygen atoms in total. The summed E-state index contributed by atoms with van der Waals surface area (Å²) in [6, 6.07) is 0. The van der Waals surface area contributed by atoms with Crippen molar-refractivity contribution in [2.24, 2.45) is 0 Å². The highest BCUT2D eigenvalue weighted by Crippen LogP contribution is 2.07. The highest BCUT2D eigenvalue weighted by Gasteiger charge is 2.02. The Morgan fingerprint density at radius 1 is 0.944 bits per heavy atom. The van der Waals surface area contributed by atoms with E-state index in [9.17, 15) is 4.79 Å². The van der Waals surface area contributed by atoms with Gasteiger partial charge in [-0.05, 0) is 39.9 Å². The van der Waals surface area contributed by atoms with Gasteiger partial charge in [0.05, 0.1) is 6.61 Å². The molecular formula is C15H31NO2. The van der Waals surface area contributed by atoms with E-state index in [0.717, 1.165) is 32.2 Å². The van der Waals surface area contributed by atoms with Crippen LogP contribution >= 0.6 is 0 Å². The van der Waals surface area contributed by atoms with Crippen LogP contribution < -0.4 is 0 Å². The van der Waals surface area contributed by atoms with Crippen LogP contribution in [0.25, 0.3) is 0 Å². The molecule has 0 aromatic rings. The predicted octanol–water partition coefficient (Wildman–Crippen LogP) is 3.62. The molecule has 108 valence electrons. The highest BCUT2D eigenvalue weighted by molar-refractivity contribution is 5.69. The third kappa shape index (κ3) is 13.5. The molecule has 0 aromatic carbocycles. The van der Waals surface area contributed by atoms with Crippen LogP contribution in [0.3, 0.4) is 0 Å². The normalized spacial score (nSPS) is 10.9. The summed E-state index contributed by atoms with van der Waals surface area (Å²) < 4.78 is 5.19. The lowest BCUT2D eigenvalue weighted by molar-refractivity contribution is -0.143. The third-order valence-electron chi connectivity index (χ3n) is 3.00. The summed E-state index contributed by atoms with van der Waals surface area (Å²) in [6.45, 7) is 3.87. The third-order valence-corrected chi connectivity index (χ3v) is 3.00. The zero-order chi connectivity index (χ0) is 13.6. The minimum absolute atomic E-state index is 0.0182. The Balaban J connectivity index is 3.17.